The summed E-state index contributed by atoms with van der Waals surface area (Å²) >= 11 is 3.69. The highest BCUT2D eigenvalue weighted by atomic mass is 79.9. The van der Waals surface area contributed by atoms with Crippen molar-refractivity contribution >= 4 is 21.8 Å². The van der Waals surface area contributed by atoms with Crippen molar-refractivity contribution in [1.82, 2.24) is 4.90 Å². The molecule has 0 saturated carbocycles. The third-order valence-electron chi connectivity index (χ3n) is 4.04. The average molecular weight is 324 g/mol. The van der Waals surface area contributed by atoms with E-state index in [0.717, 1.165) is 36.2 Å². The lowest BCUT2D eigenvalue weighted by atomic mass is 9.95. The Balaban J connectivity index is 2.25. The molecule has 1 aromatic carbocycles. The summed E-state index contributed by atoms with van der Waals surface area (Å²) < 4.78 is 0. The van der Waals surface area contributed by atoms with Gasteiger partial charge in [-0.1, -0.05) is 40.5 Å². The van der Waals surface area contributed by atoms with Crippen molar-refractivity contribution in [1.29, 1.82) is 0 Å². The number of hydrogen-bond acceptors (Lipinski definition) is 1. The molecule has 2 nitrogen and oxygen atoms in total. The first-order valence-corrected chi connectivity index (χ1v) is 7.83. The SMILES string of the molecule is Cc1cc(C)c(C(=O)N2CCC(C)C(Br)C2)c(C)c1. The number of hydrogen-bond donors (Lipinski definition) is 0. The van der Waals surface area contributed by atoms with Crippen molar-refractivity contribution in [2.75, 3.05) is 13.1 Å². The summed E-state index contributed by atoms with van der Waals surface area (Å²) in [6.07, 6.45) is 1.08. The van der Waals surface area contributed by atoms with Gasteiger partial charge >= 0.3 is 0 Å². The Bertz CT molecular complexity index is 475. The number of likely N-dealkylation sites (tertiary alicyclic amines) is 1. The highest BCUT2D eigenvalue weighted by molar-refractivity contribution is 9.09. The second-order valence-electron chi connectivity index (χ2n) is 5.81. The van der Waals surface area contributed by atoms with Crippen molar-refractivity contribution in [3.05, 3.63) is 34.4 Å². The fourth-order valence-corrected chi connectivity index (χ4v) is 3.50. The Morgan fingerprint density at radius 3 is 2.37 bits per heavy atom. The first kappa shape index (κ1) is 14.6. The number of carbonyl (C=O) groups is 1. The molecule has 0 radical (unpaired) electrons. The summed E-state index contributed by atoms with van der Waals surface area (Å²) in [5.41, 5.74) is 4.29. The van der Waals surface area contributed by atoms with Crippen LogP contribution < -0.4 is 0 Å². The van der Waals surface area contributed by atoms with E-state index in [1.165, 1.54) is 5.56 Å². The number of benzene rings is 1. The lowest BCUT2D eigenvalue weighted by Gasteiger charge is -2.34. The lowest BCUT2D eigenvalue weighted by Crippen LogP contribution is -2.44. The molecule has 1 aliphatic rings. The molecule has 104 valence electrons. The Morgan fingerprint density at radius 1 is 1.26 bits per heavy atom. The Morgan fingerprint density at radius 2 is 1.84 bits per heavy atom. The second-order valence-corrected chi connectivity index (χ2v) is 6.98. The van der Waals surface area contributed by atoms with Gasteiger partial charge in [-0.25, -0.2) is 0 Å². The molecule has 2 rings (SSSR count). The van der Waals surface area contributed by atoms with Crippen LogP contribution in [0, 0.1) is 26.7 Å². The van der Waals surface area contributed by atoms with E-state index in [1.807, 2.05) is 18.7 Å². The second kappa shape index (κ2) is 5.66. The molecular formula is C16H22BrNO. The molecule has 0 aromatic heterocycles. The average Bonchev–Trinajstić information content (AvgIpc) is 2.31. The quantitative estimate of drug-likeness (QED) is 0.719. The zero-order chi connectivity index (χ0) is 14.2. The van der Waals surface area contributed by atoms with E-state index in [4.69, 9.17) is 0 Å². The molecule has 1 saturated heterocycles. The molecule has 2 unspecified atom stereocenters. The molecule has 3 heteroatoms. The van der Waals surface area contributed by atoms with Gasteiger partial charge in [-0.05, 0) is 44.2 Å². The minimum Gasteiger partial charge on any atom is -0.337 e. The number of carbonyl (C=O) groups excluding carboxylic acids is 1. The number of piperidine rings is 1. The van der Waals surface area contributed by atoms with Crippen LogP contribution in [0.5, 0.6) is 0 Å². The third kappa shape index (κ3) is 3.02. The Hall–Kier alpha value is -0.830. The molecule has 1 aliphatic heterocycles. The molecule has 1 fully saturated rings. The van der Waals surface area contributed by atoms with Gasteiger partial charge in [0.2, 0.25) is 0 Å². The largest absolute Gasteiger partial charge is 0.337 e. The van der Waals surface area contributed by atoms with Gasteiger partial charge in [0.1, 0.15) is 0 Å². The molecule has 1 heterocycles. The third-order valence-corrected chi connectivity index (χ3v) is 5.24. The van der Waals surface area contributed by atoms with E-state index in [1.54, 1.807) is 0 Å². The summed E-state index contributed by atoms with van der Waals surface area (Å²) in [4.78, 5) is 15.1. The smallest absolute Gasteiger partial charge is 0.254 e. The summed E-state index contributed by atoms with van der Waals surface area (Å²) in [6.45, 7) is 10.1. The zero-order valence-corrected chi connectivity index (χ0v) is 13.8. The number of aryl methyl sites for hydroxylation is 3. The minimum atomic E-state index is 0.186. The minimum absolute atomic E-state index is 0.186. The van der Waals surface area contributed by atoms with E-state index >= 15 is 0 Å². The highest BCUT2D eigenvalue weighted by Gasteiger charge is 2.28. The van der Waals surface area contributed by atoms with E-state index in [2.05, 4.69) is 41.9 Å². The van der Waals surface area contributed by atoms with Crippen LogP contribution in [0.4, 0.5) is 0 Å². The Kier molecular flexibility index (Phi) is 4.34. The predicted molar refractivity (Wildman–Crippen MR) is 83.1 cm³/mol. The summed E-state index contributed by atoms with van der Waals surface area (Å²) in [5, 5.41) is 0. The van der Waals surface area contributed by atoms with Gasteiger partial charge in [-0.3, -0.25) is 4.79 Å². The van der Waals surface area contributed by atoms with Gasteiger partial charge < -0.3 is 4.90 Å². The number of amides is 1. The van der Waals surface area contributed by atoms with Crippen LogP contribution in [0.1, 0.15) is 40.4 Å². The van der Waals surface area contributed by atoms with Crippen LogP contribution in [0.25, 0.3) is 0 Å². The van der Waals surface area contributed by atoms with E-state index in [-0.39, 0.29) is 5.91 Å². The van der Waals surface area contributed by atoms with Gasteiger partial charge in [-0.2, -0.15) is 0 Å². The van der Waals surface area contributed by atoms with Crippen LogP contribution in [0.3, 0.4) is 0 Å². The van der Waals surface area contributed by atoms with Gasteiger partial charge in [0.05, 0.1) is 0 Å². The van der Waals surface area contributed by atoms with Crippen molar-refractivity contribution in [3.63, 3.8) is 0 Å². The molecule has 0 N–H and O–H groups in total. The maximum absolute atomic E-state index is 12.7. The van der Waals surface area contributed by atoms with Crippen molar-refractivity contribution in [3.8, 4) is 0 Å². The fourth-order valence-electron chi connectivity index (χ4n) is 2.88. The van der Waals surface area contributed by atoms with Crippen LogP contribution in [0.2, 0.25) is 0 Å². The summed E-state index contributed by atoms with van der Waals surface area (Å²) in [6, 6.07) is 4.19. The first-order chi connectivity index (χ1) is 8.90. The molecule has 2 atom stereocenters. The number of nitrogens with zero attached hydrogens (tertiary/aromatic N) is 1. The van der Waals surface area contributed by atoms with Gasteiger partial charge in [0.25, 0.3) is 5.91 Å². The number of alkyl halides is 1. The molecular weight excluding hydrogens is 302 g/mol. The molecule has 1 amide bonds. The van der Waals surface area contributed by atoms with E-state index in [0.29, 0.717) is 10.7 Å². The highest BCUT2D eigenvalue weighted by Crippen LogP contribution is 2.26. The molecule has 0 spiro atoms. The molecule has 0 bridgehead atoms. The van der Waals surface area contributed by atoms with E-state index < -0.39 is 0 Å². The Labute approximate surface area is 124 Å². The van der Waals surface area contributed by atoms with Gasteiger partial charge in [0, 0.05) is 23.5 Å². The summed E-state index contributed by atoms with van der Waals surface area (Å²) in [7, 11) is 0. The van der Waals surface area contributed by atoms with Crippen LogP contribution in [-0.4, -0.2) is 28.7 Å². The van der Waals surface area contributed by atoms with Crippen LogP contribution in [0.15, 0.2) is 12.1 Å². The van der Waals surface area contributed by atoms with Crippen LogP contribution in [-0.2, 0) is 0 Å². The normalized spacial score (nSPS) is 23.5. The lowest BCUT2D eigenvalue weighted by molar-refractivity contribution is 0.0704. The number of rotatable bonds is 1. The fraction of sp³-hybridized carbons (Fsp3) is 0.562. The van der Waals surface area contributed by atoms with Gasteiger partial charge in [-0.15, -0.1) is 0 Å². The first-order valence-electron chi connectivity index (χ1n) is 6.91. The van der Waals surface area contributed by atoms with E-state index in [9.17, 15) is 4.79 Å². The van der Waals surface area contributed by atoms with Crippen molar-refractivity contribution in [2.24, 2.45) is 5.92 Å². The maximum Gasteiger partial charge on any atom is 0.254 e. The summed E-state index contributed by atoms with van der Waals surface area (Å²) in [5.74, 6) is 0.829. The monoisotopic (exact) mass is 323 g/mol. The number of halogens is 1. The van der Waals surface area contributed by atoms with Gasteiger partial charge in [0.15, 0.2) is 0 Å². The standard InChI is InChI=1S/C16H22BrNO/c1-10-7-12(3)15(13(4)8-10)16(19)18-6-5-11(2)14(17)9-18/h7-8,11,14H,5-6,9H2,1-4H3. The van der Waals surface area contributed by atoms with Crippen molar-refractivity contribution < 1.29 is 4.79 Å². The topological polar surface area (TPSA) is 20.3 Å². The zero-order valence-electron chi connectivity index (χ0n) is 12.2. The van der Waals surface area contributed by atoms with Crippen LogP contribution >= 0.6 is 15.9 Å². The maximum atomic E-state index is 12.7. The predicted octanol–water partition coefficient (Wildman–Crippen LogP) is 3.86. The van der Waals surface area contributed by atoms with Crippen molar-refractivity contribution in [2.45, 2.75) is 38.9 Å². The molecule has 19 heavy (non-hydrogen) atoms. The molecule has 1 aromatic rings. The molecule has 0 aliphatic carbocycles.